The predicted molar refractivity (Wildman–Crippen MR) is 80.3 cm³/mol. The van der Waals surface area contributed by atoms with E-state index in [-0.39, 0.29) is 24.3 Å². The van der Waals surface area contributed by atoms with Gasteiger partial charge < -0.3 is 10.4 Å². The molecule has 4 nitrogen and oxygen atoms in total. The monoisotopic (exact) mass is 331 g/mol. The molecule has 1 unspecified atom stereocenters. The molecule has 0 radical (unpaired) electrons. The van der Waals surface area contributed by atoms with Crippen LogP contribution in [0.4, 0.5) is 18.9 Å². The molecule has 23 heavy (non-hydrogen) atoms. The maximum Gasteiger partial charge on any atom is 0.389 e. The van der Waals surface area contributed by atoms with Crippen LogP contribution in [0.1, 0.15) is 49.4 Å². The summed E-state index contributed by atoms with van der Waals surface area (Å²) in [4.78, 5) is 23.1. The molecule has 1 aromatic carbocycles. The molecule has 0 bridgehead atoms. The zero-order chi connectivity index (χ0) is 17.5. The molecule has 1 atom stereocenters. The number of rotatable bonds is 8. The minimum atomic E-state index is -4.22. The van der Waals surface area contributed by atoms with Crippen molar-refractivity contribution in [3.63, 3.8) is 0 Å². The first-order valence-corrected chi connectivity index (χ1v) is 7.44. The molecule has 0 aliphatic rings. The Morgan fingerprint density at radius 1 is 1.26 bits per heavy atom. The van der Waals surface area contributed by atoms with E-state index in [0.29, 0.717) is 18.5 Å². The van der Waals surface area contributed by atoms with Gasteiger partial charge in [0, 0.05) is 18.0 Å². The largest absolute Gasteiger partial charge is 0.478 e. The number of carboxylic acid groups (broad SMARTS) is 1. The Hall–Kier alpha value is -2.05. The Labute approximate surface area is 132 Å². The topological polar surface area (TPSA) is 66.4 Å². The van der Waals surface area contributed by atoms with Crippen LogP contribution in [0, 0.1) is 5.92 Å². The molecule has 0 heterocycles. The first-order valence-electron chi connectivity index (χ1n) is 7.44. The van der Waals surface area contributed by atoms with Crippen molar-refractivity contribution < 1.29 is 27.9 Å². The van der Waals surface area contributed by atoms with E-state index in [2.05, 4.69) is 5.32 Å². The van der Waals surface area contributed by atoms with Gasteiger partial charge in [0.15, 0.2) is 0 Å². The third-order valence-electron chi connectivity index (χ3n) is 3.40. The highest BCUT2D eigenvalue weighted by Gasteiger charge is 2.27. The number of alkyl halides is 3. The Morgan fingerprint density at radius 3 is 2.52 bits per heavy atom. The minimum Gasteiger partial charge on any atom is -0.478 e. The van der Waals surface area contributed by atoms with Crippen molar-refractivity contribution in [2.24, 2.45) is 5.92 Å². The summed E-state index contributed by atoms with van der Waals surface area (Å²) in [5, 5.41) is 11.5. The molecule has 0 spiro atoms. The van der Waals surface area contributed by atoms with Gasteiger partial charge in [-0.3, -0.25) is 4.79 Å². The number of carbonyl (C=O) groups is 2. The molecule has 1 aromatic rings. The van der Waals surface area contributed by atoms with Gasteiger partial charge in [0.1, 0.15) is 0 Å². The second-order valence-electron chi connectivity index (χ2n) is 5.37. The Bertz CT molecular complexity index is 544. The molecule has 0 aromatic heterocycles. The summed E-state index contributed by atoms with van der Waals surface area (Å²) in [7, 11) is 0. The second kappa shape index (κ2) is 8.55. The fraction of sp³-hybridized carbons (Fsp3) is 0.500. The van der Waals surface area contributed by atoms with Gasteiger partial charge in [-0.1, -0.05) is 19.4 Å². The maximum absolute atomic E-state index is 12.2. The van der Waals surface area contributed by atoms with E-state index in [1.54, 1.807) is 6.07 Å². The van der Waals surface area contributed by atoms with Gasteiger partial charge in [0.2, 0.25) is 5.91 Å². The molecule has 0 saturated carbocycles. The zero-order valence-electron chi connectivity index (χ0n) is 12.8. The van der Waals surface area contributed by atoms with Crippen LogP contribution < -0.4 is 5.32 Å². The first kappa shape index (κ1) is 19.0. The lowest BCUT2D eigenvalue weighted by Crippen LogP contribution is -2.23. The summed E-state index contributed by atoms with van der Waals surface area (Å²) >= 11 is 0. The molecule has 0 fully saturated rings. The molecule has 0 saturated heterocycles. The summed E-state index contributed by atoms with van der Waals surface area (Å²) < 4.78 is 36.6. The van der Waals surface area contributed by atoms with Crippen molar-refractivity contribution in [3.05, 3.63) is 29.8 Å². The summed E-state index contributed by atoms with van der Waals surface area (Å²) in [5.41, 5.74) is 0.360. The van der Waals surface area contributed by atoms with Gasteiger partial charge >= 0.3 is 12.1 Å². The van der Waals surface area contributed by atoms with Gasteiger partial charge in [-0.15, -0.1) is 0 Å². The number of nitrogens with one attached hydrogen (secondary N) is 1. The highest BCUT2D eigenvalue weighted by molar-refractivity contribution is 5.94. The Balaban J connectivity index is 2.66. The number of amides is 1. The number of carbonyl (C=O) groups excluding carboxylic acids is 1. The number of halogens is 3. The highest BCUT2D eigenvalue weighted by atomic mass is 19.4. The van der Waals surface area contributed by atoms with Gasteiger partial charge in [0.05, 0.1) is 5.56 Å². The van der Waals surface area contributed by atoms with E-state index in [1.807, 2.05) is 6.92 Å². The van der Waals surface area contributed by atoms with E-state index in [1.165, 1.54) is 18.2 Å². The lowest BCUT2D eigenvalue weighted by Gasteiger charge is -2.17. The van der Waals surface area contributed by atoms with E-state index in [9.17, 15) is 22.8 Å². The number of hydrogen-bond acceptors (Lipinski definition) is 2. The fourth-order valence-electron chi connectivity index (χ4n) is 2.28. The van der Waals surface area contributed by atoms with Crippen LogP contribution in [0.25, 0.3) is 0 Å². The van der Waals surface area contributed by atoms with Gasteiger partial charge in [-0.25, -0.2) is 4.79 Å². The van der Waals surface area contributed by atoms with Crippen LogP contribution >= 0.6 is 0 Å². The molecule has 1 amide bonds. The zero-order valence-corrected chi connectivity index (χ0v) is 12.8. The third kappa shape index (κ3) is 7.17. The first-order chi connectivity index (χ1) is 10.7. The molecule has 2 N–H and O–H groups in total. The van der Waals surface area contributed by atoms with Crippen LogP contribution in [0.15, 0.2) is 24.3 Å². The van der Waals surface area contributed by atoms with Crippen LogP contribution in [-0.4, -0.2) is 23.2 Å². The standard InChI is InChI=1S/C16H20F3NO3/c1-2-5-11(7-4-9-16(17,18)19)14(21)20-13-8-3-6-12(10-13)15(22)23/h3,6,8,10-11H,2,4-5,7,9H2,1H3,(H,20,21)(H,22,23). The van der Waals surface area contributed by atoms with Crippen molar-refractivity contribution in [1.29, 1.82) is 0 Å². The quantitative estimate of drug-likeness (QED) is 0.738. The number of anilines is 1. The highest BCUT2D eigenvalue weighted by Crippen LogP contribution is 2.25. The number of hydrogen-bond donors (Lipinski definition) is 2. The molecule has 0 aliphatic heterocycles. The fourth-order valence-corrected chi connectivity index (χ4v) is 2.28. The average Bonchev–Trinajstić information content (AvgIpc) is 2.45. The molecule has 128 valence electrons. The van der Waals surface area contributed by atoms with Crippen molar-refractivity contribution in [1.82, 2.24) is 0 Å². The average molecular weight is 331 g/mol. The predicted octanol–water partition coefficient (Wildman–Crippen LogP) is 4.47. The molecule has 0 aliphatic carbocycles. The van der Waals surface area contributed by atoms with Crippen LogP contribution in [0.5, 0.6) is 0 Å². The third-order valence-corrected chi connectivity index (χ3v) is 3.40. The number of carboxylic acids is 1. The van der Waals surface area contributed by atoms with Crippen LogP contribution in [0.3, 0.4) is 0 Å². The minimum absolute atomic E-state index is 0.0342. The van der Waals surface area contributed by atoms with Crippen molar-refractivity contribution in [2.75, 3.05) is 5.32 Å². The summed E-state index contributed by atoms with van der Waals surface area (Å²) in [6, 6.07) is 5.75. The van der Waals surface area contributed by atoms with Crippen molar-refractivity contribution >= 4 is 17.6 Å². The summed E-state index contributed by atoms with van der Waals surface area (Å²) in [5.74, 6) is -2.01. The number of benzene rings is 1. The van der Waals surface area contributed by atoms with Crippen LogP contribution in [0.2, 0.25) is 0 Å². The molecule has 1 rings (SSSR count). The van der Waals surface area contributed by atoms with Gasteiger partial charge in [-0.2, -0.15) is 13.2 Å². The lowest BCUT2D eigenvalue weighted by atomic mass is 9.95. The second-order valence-corrected chi connectivity index (χ2v) is 5.37. The Morgan fingerprint density at radius 2 is 1.96 bits per heavy atom. The van der Waals surface area contributed by atoms with Crippen LogP contribution in [-0.2, 0) is 4.79 Å². The molecular weight excluding hydrogens is 311 g/mol. The van der Waals surface area contributed by atoms with E-state index >= 15 is 0 Å². The van der Waals surface area contributed by atoms with Gasteiger partial charge in [0.25, 0.3) is 0 Å². The lowest BCUT2D eigenvalue weighted by molar-refractivity contribution is -0.137. The summed E-state index contributed by atoms with van der Waals surface area (Å²) in [6.45, 7) is 1.86. The maximum atomic E-state index is 12.2. The molecule has 7 heteroatoms. The normalized spacial score (nSPS) is 12.7. The van der Waals surface area contributed by atoms with E-state index in [0.717, 1.165) is 0 Å². The SMILES string of the molecule is CCCC(CCCC(F)(F)F)C(=O)Nc1cccc(C(=O)O)c1. The summed E-state index contributed by atoms with van der Waals surface area (Å²) in [6.07, 6.45) is -3.91. The molecular formula is C16H20F3NO3. The smallest absolute Gasteiger partial charge is 0.389 e. The van der Waals surface area contributed by atoms with Gasteiger partial charge in [-0.05, 0) is 37.5 Å². The number of aromatic carboxylic acids is 1. The van der Waals surface area contributed by atoms with E-state index < -0.39 is 24.5 Å². The Kier molecular flexibility index (Phi) is 7.06. The van der Waals surface area contributed by atoms with Crippen molar-refractivity contribution in [3.8, 4) is 0 Å². The van der Waals surface area contributed by atoms with E-state index in [4.69, 9.17) is 5.11 Å². The van der Waals surface area contributed by atoms with Crippen molar-refractivity contribution in [2.45, 2.75) is 45.2 Å².